The van der Waals surface area contributed by atoms with Gasteiger partial charge in [-0.3, -0.25) is 4.79 Å². The van der Waals surface area contributed by atoms with Gasteiger partial charge in [0.25, 0.3) is 0 Å². The Hall–Kier alpha value is -2.43. The minimum absolute atomic E-state index is 0.0624. The van der Waals surface area contributed by atoms with E-state index in [-0.39, 0.29) is 11.5 Å². The first kappa shape index (κ1) is 14.0. The number of carbonyl (C=O) groups is 1. The van der Waals surface area contributed by atoms with Crippen LogP contribution < -0.4 is 10.5 Å². The first-order valence-corrected chi connectivity index (χ1v) is 6.21. The highest BCUT2D eigenvalue weighted by Crippen LogP contribution is 2.37. The Bertz CT molecular complexity index is 687. The fraction of sp³-hybridized carbons (Fsp3) is 0.267. The van der Waals surface area contributed by atoms with E-state index in [1.807, 2.05) is 18.5 Å². The quantitative estimate of drug-likeness (QED) is 0.843. The number of phenolic OH excluding ortho intramolecular Hbond substituents is 1. The molecule has 0 amide bonds. The molecule has 5 nitrogen and oxygen atoms in total. The maximum Gasteiger partial charge on any atom is 0.163 e. The molecular formula is C15H18N2O3. The largest absolute Gasteiger partial charge is 0.504 e. The third kappa shape index (κ3) is 2.01. The average Bonchev–Trinajstić information content (AvgIpc) is 2.61. The number of Topliss-reactive ketones (excluding diaryl/α,β-unsaturated/α-hetero) is 1. The number of benzene rings is 1. The topological polar surface area (TPSA) is 77.5 Å². The number of nitrogen functional groups attached to an aromatic ring is 1. The van der Waals surface area contributed by atoms with Crippen LogP contribution in [0.4, 0.5) is 5.69 Å². The highest BCUT2D eigenvalue weighted by molar-refractivity contribution is 6.04. The van der Waals surface area contributed by atoms with E-state index in [1.165, 1.54) is 14.0 Å². The van der Waals surface area contributed by atoms with Crippen LogP contribution in [0.3, 0.4) is 0 Å². The van der Waals surface area contributed by atoms with Gasteiger partial charge in [-0.15, -0.1) is 0 Å². The van der Waals surface area contributed by atoms with Crippen LogP contribution in [0.1, 0.15) is 23.0 Å². The number of anilines is 1. The number of phenols is 1. The number of aromatic nitrogens is 1. The third-order valence-corrected chi connectivity index (χ3v) is 3.53. The van der Waals surface area contributed by atoms with Gasteiger partial charge in [0.05, 0.1) is 24.1 Å². The SMILES string of the molecule is COc1cc(-c2c(N)c(C(C)=O)c(C)n2C)ccc1O. The van der Waals surface area contributed by atoms with Gasteiger partial charge in [0.1, 0.15) is 0 Å². The number of nitrogens with zero attached hydrogens (tertiary/aromatic N) is 1. The van der Waals surface area contributed by atoms with E-state index < -0.39 is 0 Å². The lowest BCUT2D eigenvalue weighted by Gasteiger charge is -2.09. The van der Waals surface area contributed by atoms with Gasteiger partial charge in [-0.25, -0.2) is 0 Å². The lowest BCUT2D eigenvalue weighted by Crippen LogP contribution is -1.98. The second kappa shape index (κ2) is 4.92. The zero-order valence-electron chi connectivity index (χ0n) is 12.0. The van der Waals surface area contributed by atoms with E-state index in [0.29, 0.717) is 17.0 Å². The Kier molecular flexibility index (Phi) is 3.44. The number of aromatic hydroxyl groups is 1. The summed E-state index contributed by atoms with van der Waals surface area (Å²) >= 11 is 0. The molecule has 0 bridgehead atoms. The standard InChI is InChI=1S/C15H18N2O3/c1-8-13(9(2)18)14(16)15(17(8)3)10-5-6-11(19)12(7-10)20-4/h5-7,19H,16H2,1-4H3. The van der Waals surface area contributed by atoms with Gasteiger partial charge in [0.2, 0.25) is 0 Å². The van der Waals surface area contributed by atoms with E-state index >= 15 is 0 Å². The van der Waals surface area contributed by atoms with E-state index in [0.717, 1.165) is 17.0 Å². The summed E-state index contributed by atoms with van der Waals surface area (Å²) in [5.74, 6) is 0.366. The van der Waals surface area contributed by atoms with Crippen molar-refractivity contribution in [2.75, 3.05) is 12.8 Å². The summed E-state index contributed by atoms with van der Waals surface area (Å²) < 4.78 is 6.98. The molecule has 0 saturated heterocycles. The molecular weight excluding hydrogens is 256 g/mol. The molecule has 0 aliphatic carbocycles. The van der Waals surface area contributed by atoms with Gasteiger partial charge in [-0.1, -0.05) is 0 Å². The minimum atomic E-state index is -0.0624. The zero-order chi connectivity index (χ0) is 15.0. The smallest absolute Gasteiger partial charge is 0.163 e. The Morgan fingerprint density at radius 2 is 2.05 bits per heavy atom. The first-order valence-electron chi connectivity index (χ1n) is 6.21. The van der Waals surface area contributed by atoms with Crippen molar-refractivity contribution in [3.05, 3.63) is 29.5 Å². The summed E-state index contributed by atoms with van der Waals surface area (Å²) in [6.07, 6.45) is 0. The molecule has 1 heterocycles. The summed E-state index contributed by atoms with van der Waals surface area (Å²) in [4.78, 5) is 11.7. The van der Waals surface area contributed by atoms with Crippen LogP contribution in [-0.4, -0.2) is 22.6 Å². The molecule has 0 fully saturated rings. The van der Waals surface area contributed by atoms with Crippen molar-refractivity contribution >= 4 is 11.5 Å². The molecule has 0 atom stereocenters. The number of methoxy groups -OCH3 is 1. The van der Waals surface area contributed by atoms with Crippen LogP contribution in [0.25, 0.3) is 11.3 Å². The highest BCUT2D eigenvalue weighted by atomic mass is 16.5. The first-order chi connectivity index (χ1) is 9.38. The van der Waals surface area contributed by atoms with Crippen molar-refractivity contribution in [3.63, 3.8) is 0 Å². The van der Waals surface area contributed by atoms with Gasteiger partial charge in [0.15, 0.2) is 17.3 Å². The van der Waals surface area contributed by atoms with E-state index in [9.17, 15) is 9.90 Å². The molecule has 0 unspecified atom stereocenters. The van der Waals surface area contributed by atoms with Crippen LogP contribution in [-0.2, 0) is 7.05 Å². The zero-order valence-corrected chi connectivity index (χ0v) is 12.0. The van der Waals surface area contributed by atoms with Gasteiger partial charge in [-0.2, -0.15) is 0 Å². The molecule has 2 rings (SSSR count). The van der Waals surface area contributed by atoms with E-state index in [4.69, 9.17) is 10.5 Å². The van der Waals surface area contributed by atoms with Crippen molar-refractivity contribution in [2.45, 2.75) is 13.8 Å². The number of ketones is 1. The molecule has 1 aromatic heterocycles. The van der Waals surface area contributed by atoms with Gasteiger partial charge in [0, 0.05) is 18.3 Å². The molecule has 0 saturated carbocycles. The molecule has 0 radical (unpaired) electrons. The Balaban J connectivity index is 2.70. The minimum Gasteiger partial charge on any atom is -0.504 e. The van der Waals surface area contributed by atoms with Crippen molar-refractivity contribution in [1.29, 1.82) is 0 Å². The monoisotopic (exact) mass is 274 g/mol. The van der Waals surface area contributed by atoms with E-state index in [1.54, 1.807) is 18.2 Å². The Morgan fingerprint density at radius 1 is 1.40 bits per heavy atom. The van der Waals surface area contributed by atoms with Crippen LogP contribution >= 0.6 is 0 Å². The molecule has 5 heteroatoms. The van der Waals surface area contributed by atoms with Crippen LogP contribution in [0, 0.1) is 6.92 Å². The fourth-order valence-electron chi connectivity index (χ4n) is 2.45. The summed E-state index contributed by atoms with van der Waals surface area (Å²) in [5, 5.41) is 9.65. The van der Waals surface area contributed by atoms with Crippen molar-refractivity contribution in [3.8, 4) is 22.8 Å². The molecule has 1 aromatic carbocycles. The lowest BCUT2D eigenvalue weighted by atomic mass is 10.1. The lowest BCUT2D eigenvalue weighted by molar-refractivity contribution is 0.101. The number of rotatable bonds is 3. The molecule has 0 aliphatic rings. The number of nitrogens with two attached hydrogens (primary N) is 1. The summed E-state index contributed by atoms with van der Waals surface area (Å²) in [5.41, 5.74) is 9.45. The molecule has 0 aliphatic heterocycles. The van der Waals surface area contributed by atoms with Crippen molar-refractivity contribution in [2.24, 2.45) is 7.05 Å². The van der Waals surface area contributed by atoms with Gasteiger partial charge in [-0.05, 0) is 32.0 Å². The van der Waals surface area contributed by atoms with Crippen LogP contribution in [0.2, 0.25) is 0 Å². The summed E-state index contributed by atoms with van der Waals surface area (Å²) in [7, 11) is 3.34. The number of hydrogen-bond acceptors (Lipinski definition) is 4. The predicted molar refractivity (Wildman–Crippen MR) is 78.2 cm³/mol. The Labute approximate surface area is 117 Å². The highest BCUT2D eigenvalue weighted by Gasteiger charge is 2.21. The summed E-state index contributed by atoms with van der Waals surface area (Å²) in [6.45, 7) is 3.36. The van der Waals surface area contributed by atoms with Gasteiger partial charge >= 0.3 is 0 Å². The Morgan fingerprint density at radius 3 is 2.55 bits per heavy atom. The van der Waals surface area contributed by atoms with Gasteiger partial charge < -0.3 is 20.1 Å². The molecule has 106 valence electrons. The fourth-order valence-corrected chi connectivity index (χ4v) is 2.45. The number of carbonyl (C=O) groups excluding carboxylic acids is 1. The predicted octanol–water partition coefficient (Wildman–Crippen LogP) is 2.50. The maximum absolute atomic E-state index is 11.7. The average molecular weight is 274 g/mol. The van der Waals surface area contributed by atoms with Crippen molar-refractivity contribution in [1.82, 2.24) is 4.57 Å². The van der Waals surface area contributed by atoms with Crippen molar-refractivity contribution < 1.29 is 14.6 Å². The maximum atomic E-state index is 11.7. The molecule has 3 N–H and O–H groups in total. The summed E-state index contributed by atoms with van der Waals surface area (Å²) in [6, 6.07) is 4.99. The van der Waals surface area contributed by atoms with Crippen LogP contribution in [0.15, 0.2) is 18.2 Å². The van der Waals surface area contributed by atoms with E-state index in [2.05, 4.69) is 0 Å². The number of ether oxygens (including phenoxy) is 1. The normalized spacial score (nSPS) is 10.6. The number of hydrogen-bond donors (Lipinski definition) is 2. The molecule has 0 spiro atoms. The molecule has 2 aromatic rings. The third-order valence-electron chi connectivity index (χ3n) is 3.53. The second-order valence-electron chi connectivity index (χ2n) is 4.72. The van der Waals surface area contributed by atoms with Crippen LogP contribution in [0.5, 0.6) is 11.5 Å². The second-order valence-corrected chi connectivity index (χ2v) is 4.72. The molecule has 20 heavy (non-hydrogen) atoms.